The predicted molar refractivity (Wildman–Crippen MR) is 168 cm³/mol. The van der Waals surface area contributed by atoms with E-state index < -0.39 is 0 Å². The maximum atomic E-state index is 6.73. The summed E-state index contributed by atoms with van der Waals surface area (Å²) in [6.07, 6.45) is 17.3. The van der Waals surface area contributed by atoms with Gasteiger partial charge in [0, 0.05) is 37.7 Å². The first-order valence-corrected chi connectivity index (χ1v) is 16.2. The summed E-state index contributed by atoms with van der Waals surface area (Å²) in [5, 5.41) is 0. The van der Waals surface area contributed by atoms with Crippen LogP contribution < -0.4 is 10.5 Å². The van der Waals surface area contributed by atoms with Crippen molar-refractivity contribution < 1.29 is 9.15 Å². The average Bonchev–Trinajstić information content (AvgIpc) is 3.44. The number of benzene rings is 2. The Labute approximate surface area is 251 Å². The number of rotatable bonds is 11. The molecule has 7 nitrogen and oxygen atoms in total. The Morgan fingerprint density at radius 1 is 0.976 bits per heavy atom. The third-order valence-corrected chi connectivity index (χ3v) is 9.56. The number of nitrogens with two attached hydrogens (primary N) is 1. The molecule has 0 saturated heterocycles. The van der Waals surface area contributed by atoms with Gasteiger partial charge in [-0.25, -0.2) is 9.98 Å². The molecule has 2 fully saturated rings. The van der Waals surface area contributed by atoms with Gasteiger partial charge in [-0.3, -0.25) is 4.90 Å². The Balaban J connectivity index is 1.17. The predicted octanol–water partition coefficient (Wildman–Crippen LogP) is 8.10. The second-order valence-electron chi connectivity index (χ2n) is 12.5. The minimum atomic E-state index is 0.392. The van der Waals surface area contributed by atoms with Gasteiger partial charge in [-0.1, -0.05) is 56.7 Å². The maximum absolute atomic E-state index is 6.73. The van der Waals surface area contributed by atoms with E-state index in [1.165, 1.54) is 69.8 Å². The molecule has 1 aromatic heterocycles. The van der Waals surface area contributed by atoms with E-state index in [2.05, 4.69) is 20.9 Å². The molecule has 1 atom stereocenters. The second-order valence-corrected chi connectivity index (χ2v) is 12.5. The summed E-state index contributed by atoms with van der Waals surface area (Å²) in [5.74, 6) is 3.76. The fourth-order valence-electron chi connectivity index (χ4n) is 7.42. The number of hydrogen-bond donors (Lipinski definition) is 1. The molecule has 0 unspecified atom stereocenters. The molecule has 0 spiro atoms. The number of oxazole rings is 1. The first-order valence-electron chi connectivity index (χ1n) is 16.2. The Hall–Kier alpha value is -3.32. The number of guanidine groups is 1. The van der Waals surface area contributed by atoms with Crippen LogP contribution >= 0.6 is 0 Å². The number of aryl methyl sites for hydroxylation is 1. The van der Waals surface area contributed by atoms with Gasteiger partial charge in [0.1, 0.15) is 17.8 Å². The summed E-state index contributed by atoms with van der Waals surface area (Å²) >= 11 is 0. The maximum Gasteiger partial charge on any atom is 0.197 e. The van der Waals surface area contributed by atoms with Crippen LogP contribution in [0.3, 0.4) is 0 Å². The van der Waals surface area contributed by atoms with E-state index in [1.807, 2.05) is 55.7 Å². The Morgan fingerprint density at radius 2 is 1.74 bits per heavy atom. The van der Waals surface area contributed by atoms with Crippen molar-refractivity contribution in [1.82, 2.24) is 14.8 Å². The van der Waals surface area contributed by atoms with Gasteiger partial charge in [0.05, 0.1) is 11.4 Å². The minimum Gasteiger partial charge on any atom is -0.457 e. The number of hydrogen-bond acceptors (Lipinski definition) is 7. The zero-order chi connectivity index (χ0) is 28.7. The van der Waals surface area contributed by atoms with E-state index in [1.54, 1.807) is 0 Å². The summed E-state index contributed by atoms with van der Waals surface area (Å²) in [6, 6.07) is 17.2. The standard InChI is InChI=1S/C35H47N5O2/c1-26-37-29(25-41-26)24-39(30-14-7-3-8-15-30)21-11-18-34(27-12-5-2-6-13-27)40-23-28-22-32(19-20-33(28)38-35(40)36)42-31-16-9-4-10-17-31/h4,9-10,16-17,19-20,22,25,27,30,34H,2-3,5-8,11-15,18,21,23-24H2,1H3,(H2,36,38)/t34-/m0/s1. The quantitative estimate of drug-likeness (QED) is 0.251. The van der Waals surface area contributed by atoms with E-state index >= 15 is 0 Å². The molecule has 2 saturated carbocycles. The largest absolute Gasteiger partial charge is 0.457 e. The lowest BCUT2D eigenvalue weighted by molar-refractivity contribution is 0.125. The highest BCUT2D eigenvalue weighted by Crippen LogP contribution is 2.37. The molecule has 2 aromatic carbocycles. The molecule has 0 amide bonds. The highest BCUT2D eigenvalue weighted by atomic mass is 16.5. The zero-order valence-corrected chi connectivity index (χ0v) is 25.2. The third-order valence-electron chi connectivity index (χ3n) is 9.56. The van der Waals surface area contributed by atoms with Gasteiger partial charge < -0.3 is 19.8 Å². The lowest BCUT2D eigenvalue weighted by atomic mass is 9.81. The van der Waals surface area contributed by atoms with Crippen molar-refractivity contribution in [1.29, 1.82) is 0 Å². The van der Waals surface area contributed by atoms with Crippen molar-refractivity contribution >= 4 is 11.6 Å². The summed E-state index contributed by atoms with van der Waals surface area (Å²) in [4.78, 5) is 14.6. The van der Waals surface area contributed by atoms with Crippen molar-refractivity contribution in [2.75, 3.05) is 6.54 Å². The molecule has 0 bridgehead atoms. The lowest BCUT2D eigenvalue weighted by Gasteiger charge is -2.42. The van der Waals surface area contributed by atoms with E-state index in [9.17, 15) is 0 Å². The van der Waals surface area contributed by atoms with Gasteiger partial charge in [-0.2, -0.15) is 0 Å². The first-order chi connectivity index (χ1) is 20.6. The molecule has 2 N–H and O–H groups in total. The molecular formula is C35H47N5O2. The van der Waals surface area contributed by atoms with Crippen molar-refractivity contribution in [3.05, 3.63) is 71.9 Å². The Kier molecular flexibility index (Phi) is 9.44. The van der Waals surface area contributed by atoms with Gasteiger partial charge >= 0.3 is 0 Å². The summed E-state index contributed by atoms with van der Waals surface area (Å²) in [5.41, 5.74) is 9.93. The number of aromatic nitrogens is 1. The van der Waals surface area contributed by atoms with Crippen LogP contribution in [-0.2, 0) is 13.1 Å². The monoisotopic (exact) mass is 569 g/mol. The van der Waals surface area contributed by atoms with Crippen LogP contribution in [0.1, 0.15) is 94.2 Å². The lowest BCUT2D eigenvalue weighted by Crippen LogP contribution is -2.49. The van der Waals surface area contributed by atoms with Gasteiger partial charge in [0.25, 0.3) is 0 Å². The van der Waals surface area contributed by atoms with Crippen molar-refractivity contribution in [3.8, 4) is 11.5 Å². The minimum absolute atomic E-state index is 0.392. The summed E-state index contributed by atoms with van der Waals surface area (Å²) < 4.78 is 11.7. The molecule has 224 valence electrons. The average molecular weight is 570 g/mol. The number of ether oxygens (including phenoxy) is 1. The van der Waals surface area contributed by atoms with Crippen LogP contribution in [0.15, 0.2) is 64.2 Å². The first kappa shape index (κ1) is 28.8. The molecule has 6 rings (SSSR count). The van der Waals surface area contributed by atoms with Gasteiger partial charge in [-0.05, 0) is 81.3 Å². The van der Waals surface area contributed by atoms with E-state index in [0.29, 0.717) is 24.0 Å². The van der Waals surface area contributed by atoms with Crippen LogP contribution in [0.2, 0.25) is 0 Å². The molecule has 2 aliphatic carbocycles. The van der Waals surface area contributed by atoms with Crippen LogP contribution in [0.5, 0.6) is 11.5 Å². The number of nitrogens with zero attached hydrogens (tertiary/aromatic N) is 4. The normalized spacial score (nSPS) is 19.0. The van der Waals surface area contributed by atoms with E-state index in [-0.39, 0.29) is 0 Å². The molecule has 2 heterocycles. The van der Waals surface area contributed by atoms with Crippen LogP contribution in [0.25, 0.3) is 0 Å². The fourth-order valence-corrected chi connectivity index (χ4v) is 7.42. The second kappa shape index (κ2) is 13.8. The molecule has 0 radical (unpaired) electrons. The van der Waals surface area contributed by atoms with E-state index in [4.69, 9.17) is 19.9 Å². The molecular weight excluding hydrogens is 522 g/mol. The number of fused-ring (bicyclic) bond motifs is 1. The summed E-state index contributed by atoms with van der Waals surface area (Å²) in [7, 11) is 0. The SMILES string of the molecule is Cc1nc(CN(CCC[C@@H](C2CCCCC2)N2Cc3cc(Oc4ccccc4)ccc3N=C2N)C2CCCCC2)co1. The van der Waals surface area contributed by atoms with E-state index in [0.717, 1.165) is 61.2 Å². The smallest absolute Gasteiger partial charge is 0.197 e. The number of aliphatic imine (C=N–C) groups is 1. The summed E-state index contributed by atoms with van der Waals surface area (Å²) in [6.45, 7) is 4.67. The van der Waals surface area contributed by atoms with Crippen molar-refractivity contribution in [3.63, 3.8) is 0 Å². The van der Waals surface area contributed by atoms with Crippen LogP contribution in [0.4, 0.5) is 5.69 Å². The van der Waals surface area contributed by atoms with Gasteiger partial charge in [-0.15, -0.1) is 0 Å². The van der Waals surface area contributed by atoms with Crippen LogP contribution in [0, 0.1) is 12.8 Å². The Bertz CT molecular complexity index is 1310. The molecule has 3 aromatic rings. The third kappa shape index (κ3) is 7.17. The van der Waals surface area contributed by atoms with Gasteiger partial charge in [0.15, 0.2) is 11.9 Å². The van der Waals surface area contributed by atoms with Crippen molar-refractivity contribution in [2.24, 2.45) is 16.6 Å². The highest BCUT2D eigenvalue weighted by Gasteiger charge is 2.33. The Morgan fingerprint density at radius 3 is 2.48 bits per heavy atom. The molecule has 1 aliphatic heterocycles. The molecule has 42 heavy (non-hydrogen) atoms. The zero-order valence-electron chi connectivity index (χ0n) is 25.2. The molecule has 7 heteroatoms. The number of para-hydroxylation sites is 1. The topological polar surface area (TPSA) is 80.1 Å². The molecule has 3 aliphatic rings. The van der Waals surface area contributed by atoms with Crippen molar-refractivity contribution in [2.45, 2.75) is 109 Å². The fraction of sp³-hybridized carbons (Fsp3) is 0.543. The van der Waals surface area contributed by atoms with Crippen LogP contribution in [-0.4, -0.2) is 39.4 Å². The van der Waals surface area contributed by atoms with Gasteiger partial charge in [0.2, 0.25) is 0 Å². The highest BCUT2D eigenvalue weighted by molar-refractivity contribution is 5.84.